The summed E-state index contributed by atoms with van der Waals surface area (Å²) in [6, 6.07) is 7.74. The van der Waals surface area contributed by atoms with E-state index in [1.165, 1.54) is 30.5 Å². The summed E-state index contributed by atoms with van der Waals surface area (Å²) in [6.45, 7) is 0.651. The van der Waals surface area contributed by atoms with Gasteiger partial charge in [-0.25, -0.2) is 9.97 Å². The highest BCUT2D eigenvalue weighted by Gasteiger charge is 2.14. The van der Waals surface area contributed by atoms with Gasteiger partial charge in [-0.05, 0) is 43.4 Å². The summed E-state index contributed by atoms with van der Waals surface area (Å²) in [5.74, 6) is 0.957. The Morgan fingerprint density at radius 1 is 1.17 bits per heavy atom. The van der Waals surface area contributed by atoms with Crippen LogP contribution in [-0.2, 0) is 19.4 Å². The molecule has 3 rings (SSSR count). The third-order valence-corrected chi connectivity index (χ3v) is 4.42. The van der Waals surface area contributed by atoms with Crippen LogP contribution in [0.1, 0.15) is 46.4 Å². The maximum Gasteiger partial charge on any atom is 0.253 e. The molecule has 0 atom stereocenters. The van der Waals surface area contributed by atoms with Crippen molar-refractivity contribution in [3.63, 3.8) is 0 Å². The van der Waals surface area contributed by atoms with Crippen molar-refractivity contribution in [3.8, 4) is 0 Å². The lowest BCUT2D eigenvalue weighted by Gasteiger charge is -2.14. The Balaban J connectivity index is 1.75. The van der Waals surface area contributed by atoms with Gasteiger partial charge < -0.3 is 10.2 Å². The summed E-state index contributed by atoms with van der Waals surface area (Å²) in [7, 11) is 3.53. The number of amides is 1. The largest absolute Gasteiger partial charge is 0.366 e. The predicted molar refractivity (Wildman–Crippen MR) is 95.1 cm³/mol. The van der Waals surface area contributed by atoms with Gasteiger partial charge in [0.15, 0.2) is 0 Å². The second-order valence-corrected chi connectivity index (χ2v) is 6.46. The summed E-state index contributed by atoms with van der Waals surface area (Å²) in [4.78, 5) is 22.6. The van der Waals surface area contributed by atoms with Gasteiger partial charge in [0.2, 0.25) is 0 Å². The van der Waals surface area contributed by atoms with Crippen LogP contribution in [0, 0.1) is 0 Å². The Morgan fingerprint density at radius 3 is 2.83 bits per heavy atom. The first-order chi connectivity index (χ1) is 11.6. The number of carbonyl (C=O) groups is 1. The normalized spacial score (nSPS) is 13.8. The Morgan fingerprint density at radius 2 is 2.00 bits per heavy atom. The molecule has 1 aliphatic rings. The Hall–Kier alpha value is -2.43. The smallest absolute Gasteiger partial charge is 0.253 e. The van der Waals surface area contributed by atoms with E-state index in [1.807, 2.05) is 24.3 Å². The van der Waals surface area contributed by atoms with Gasteiger partial charge >= 0.3 is 0 Å². The van der Waals surface area contributed by atoms with Gasteiger partial charge in [-0.2, -0.15) is 0 Å². The molecule has 1 heterocycles. The van der Waals surface area contributed by atoms with Gasteiger partial charge in [0, 0.05) is 37.5 Å². The van der Waals surface area contributed by atoms with E-state index in [9.17, 15) is 4.79 Å². The fourth-order valence-electron chi connectivity index (χ4n) is 3.11. The summed E-state index contributed by atoms with van der Waals surface area (Å²) >= 11 is 0. The van der Waals surface area contributed by atoms with E-state index in [-0.39, 0.29) is 5.91 Å². The number of nitrogens with zero attached hydrogens (tertiary/aromatic N) is 3. The number of rotatable bonds is 4. The quantitative estimate of drug-likeness (QED) is 0.878. The van der Waals surface area contributed by atoms with E-state index in [0.717, 1.165) is 24.2 Å². The molecule has 1 amide bonds. The van der Waals surface area contributed by atoms with E-state index >= 15 is 0 Å². The molecule has 24 heavy (non-hydrogen) atoms. The monoisotopic (exact) mass is 324 g/mol. The van der Waals surface area contributed by atoms with Crippen LogP contribution >= 0.6 is 0 Å². The second-order valence-electron chi connectivity index (χ2n) is 6.46. The summed E-state index contributed by atoms with van der Waals surface area (Å²) in [5, 5.41) is 3.44. The summed E-state index contributed by atoms with van der Waals surface area (Å²) in [5.41, 5.74) is 4.22. The van der Waals surface area contributed by atoms with Crippen LogP contribution < -0.4 is 5.32 Å². The predicted octanol–water partition coefficient (Wildman–Crippen LogP) is 3.06. The molecule has 0 saturated carbocycles. The molecule has 126 valence electrons. The van der Waals surface area contributed by atoms with Gasteiger partial charge in [-0.1, -0.05) is 18.6 Å². The topological polar surface area (TPSA) is 58.1 Å². The highest BCUT2D eigenvalue weighted by molar-refractivity contribution is 5.94. The first kappa shape index (κ1) is 16.4. The molecule has 1 aromatic carbocycles. The molecule has 0 saturated heterocycles. The van der Waals surface area contributed by atoms with Crippen molar-refractivity contribution in [3.05, 3.63) is 53.0 Å². The Bertz CT molecular complexity index is 727. The SMILES string of the molecule is CN(C)C(=O)c1cccc(CNc2ncnc3c2CCCCC3)c1. The van der Waals surface area contributed by atoms with Gasteiger partial charge in [0.05, 0.1) is 0 Å². The molecule has 0 aliphatic heterocycles. The van der Waals surface area contributed by atoms with Crippen molar-refractivity contribution in [2.24, 2.45) is 0 Å². The zero-order chi connectivity index (χ0) is 16.9. The number of aryl methyl sites for hydroxylation is 1. The summed E-state index contributed by atoms with van der Waals surface area (Å²) in [6.07, 6.45) is 7.39. The number of hydrogen-bond acceptors (Lipinski definition) is 4. The minimum atomic E-state index is 0.0211. The molecule has 0 spiro atoms. The van der Waals surface area contributed by atoms with Crippen molar-refractivity contribution < 1.29 is 4.79 Å². The van der Waals surface area contributed by atoms with E-state index in [1.54, 1.807) is 25.3 Å². The van der Waals surface area contributed by atoms with Gasteiger partial charge in [0.25, 0.3) is 5.91 Å². The third kappa shape index (κ3) is 3.72. The molecule has 1 aromatic heterocycles. The number of aromatic nitrogens is 2. The van der Waals surface area contributed by atoms with Crippen molar-refractivity contribution in [1.29, 1.82) is 0 Å². The lowest BCUT2D eigenvalue weighted by atomic mass is 10.1. The third-order valence-electron chi connectivity index (χ3n) is 4.42. The lowest BCUT2D eigenvalue weighted by molar-refractivity contribution is 0.0827. The van der Waals surface area contributed by atoms with Gasteiger partial charge in [0.1, 0.15) is 12.1 Å². The number of benzene rings is 1. The van der Waals surface area contributed by atoms with Gasteiger partial charge in [-0.3, -0.25) is 4.79 Å². The molecule has 0 radical (unpaired) electrons. The standard InChI is InChI=1S/C19H24N4O/c1-23(2)19(24)15-8-6-7-14(11-15)12-20-18-16-9-4-3-5-10-17(16)21-13-22-18/h6-8,11,13H,3-5,9-10,12H2,1-2H3,(H,20,21,22). The molecule has 5 heteroatoms. The maximum absolute atomic E-state index is 12.1. The van der Waals surface area contributed by atoms with Crippen LogP contribution in [0.15, 0.2) is 30.6 Å². The van der Waals surface area contributed by atoms with E-state index < -0.39 is 0 Å². The van der Waals surface area contributed by atoms with Crippen LogP contribution in [0.5, 0.6) is 0 Å². The average Bonchev–Trinajstić information content (AvgIpc) is 2.85. The number of hydrogen-bond donors (Lipinski definition) is 1. The van der Waals surface area contributed by atoms with Crippen molar-refractivity contribution >= 4 is 11.7 Å². The van der Waals surface area contributed by atoms with Crippen LogP contribution in [0.2, 0.25) is 0 Å². The van der Waals surface area contributed by atoms with E-state index in [0.29, 0.717) is 12.1 Å². The zero-order valence-electron chi connectivity index (χ0n) is 14.4. The van der Waals surface area contributed by atoms with Crippen LogP contribution in [0.4, 0.5) is 5.82 Å². The maximum atomic E-state index is 12.1. The first-order valence-electron chi connectivity index (χ1n) is 8.52. The number of nitrogens with one attached hydrogen (secondary N) is 1. The molecule has 1 N–H and O–H groups in total. The summed E-state index contributed by atoms with van der Waals surface area (Å²) < 4.78 is 0. The molecular formula is C19H24N4O. The highest BCUT2D eigenvalue weighted by Crippen LogP contribution is 2.24. The Kier molecular flexibility index (Phi) is 5.08. The van der Waals surface area contributed by atoms with Crippen molar-refractivity contribution in [2.45, 2.75) is 38.6 Å². The van der Waals surface area contributed by atoms with Gasteiger partial charge in [-0.15, -0.1) is 0 Å². The molecule has 5 nitrogen and oxygen atoms in total. The number of carbonyl (C=O) groups excluding carboxylic acids is 1. The fraction of sp³-hybridized carbons (Fsp3) is 0.421. The molecular weight excluding hydrogens is 300 g/mol. The van der Waals surface area contributed by atoms with Crippen molar-refractivity contribution in [2.75, 3.05) is 19.4 Å². The van der Waals surface area contributed by atoms with E-state index in [2.05, 4.69) is 15.3 Å². The average molecular weight is 324 g/mol. The molecule has 2 aromatic rings. The fourth-order valence-corrected chi connectivity index (χ4v) is 3.11. The van der Waals surface area contributed by atoms with Crippen LogP contribution in [0.25, 0.3) is 0 Å². The van der Waals surface area contributed by atoms with E-state index in [4.69, 9.17) is 0 Å². The number of anilines is 1. The highest BCUT2D eigenvalue weighted by atomic mass is 16.2. The lowest BCUT2D eigenvalue weighted by Crippen LogP contribution is -2.21. The zero-order valence-corrected chi connectivity index (χ0v) is 14.4. The van der Waals surface area contributed by atoms with Crippen LogP contribution in [0.3, 0.4) is 0 Å². The van der Waals surface area contributed by atoms with Crippen molar-refractivity contribution in [1.82, 2.24) is 14.9 Å². The first-order valence-corrected chi connectivity index (χ1v) is 8.52. The second kappa shape index (κ2) is 7.43. The number of fused-ring (bicyclic) bond motifs is 1. The molecule has 0 bridgehead atoms. The minimum absolute atomic E-state index is 0.0211. The Labute approximate surface area is 143 Å². The van der Waals surface area contributed by atoms with Crippen LogP contribution in [-0.4, -0.2) is 34.9 Å². The molecule has 1 aliphatic carbocycles. The molecule has 0 fully saturated rings. The molecule has 0 unspecified atom stereocenters. The minimum Gasteiger partial charge on any atom is -0.366 e.